The van der Waals surface area contributed by atoms with Crippen molar-refractivity contribution >= 4 is 22.0 Å². The lowest BCUT2D eigenvalue weighted by Gasteiger charge is -2.30. The third kappa shape index (κ3) is 7.48. The molecular weight excluding hydrogens is 332 g/mol. The van der Waals surface area contributed by atoms with E-state index in [1.165, 1.54) is 10.6 Å². The van der Waals surface area contributed by atoms with Gasteiger partial charge in [0, 0.05) is 26.2 Å². The third-order valence-electron chi connectivity index (χ3n) is 3.40. The Morgan fingerprint density at radius 3 is 2.62 bits per heavy atom. The van der Waals surface area contributed by atoms with Crippen LogP contribution in [0.15, 0.2) is 4.99 Å². The molecule has 0 bridgehead atoms. The molecule has 9 heteroatoms. The number of rotatable bonds is 6. The number of carbonyl (C=O) groups excluding carboxylic acids is 1. The summed E-state index contributed by atoms with van der Waals surface area (Å²) < 4.78 is 29.8. The summed E-state index contributed by atoms with van der Waals surface area (Å²) in [6.07, 6.45) is 1.55. The molecule has 140 valence electrons. The van der Waals surface area contributed by atoms with Gasteiger partial charge in [-0.05, 0) is 27.2 Å². The molecule has 0 saturated carbocycles. The van der Waals surface area contributed by atoms with Crippen molar-refractivity contribution in [1.82, 2.24) is 14.5 Å². The Labute approximate surface area is 145 Å². The standard InChI is InChI=1S/C15H30N4O4S/c1-6-19(24(5,21)22)10-7-8-16-13-12-18(11-9-17-13)14(20)23-15(2,3)4/h6-12H2,1-5H3,(H,16,17). The summed E-state index contributed by atoms with van der Waals surface area (Å²) in [6, 6.07) is 0. The zero-order chi connectivity index (χ0) is 18.4. The second-order valence-corrected chi connectivity index (χ2v) is 8.75. The molecule has 8 nitrogen and oxygen atoms in total. The molecule has 0 aromatic heterocycles. The van der Waals surface area contributed by atoms with Crippen LogP contribution in [0.4, 0.5) is 4.79 Å². The quantitative estimate of drug-likeness (QED) is 0.709. The first-order chi connectivity index (χ1) is 11.0. The summed E-state index contributed by atoms with van der Waals surface area (Å²) in [5, 5.41) is 3.18. The zero-order valence-electron chi connectivity index (χ0n) is 15.3. The van der Waals surface area contributed by atoms with Gasteiger partial charge in [0.2, 0.25) is 10.0 Å². The van der Waals surface area contributed by atoms with E-state index >= 15 is 0 Å². The number of aliphatic imine (C=N–C) groups is 1. The molecule has 0 saturated heterocycles. The third-order valence-corrected chi connectivity index (χ3v) is 4.78. The highest BCUT2D eigenvalue weighted by Gasteiger charge is 2.24. The number of hydrogen-bond acceptors (Lipinski definition) is 6. The van der Waals surface area contributed by atoms with Crippen LogP contribution in [0.2, 0.25) is 0 Å². The molecule has 0 atom stereocenters. The number of nitrogens with one attached hydrogen (secondary N) is 1. The smallest absolute Gasteiger partial charge is 0.410 e. The molecule has 0 fully saturated rings. The lowest BCUT2D eigenvalue weighted by Crippen LogP contribution is -2.47. The van der Waals surface area contributed by atoms with Gasteiger partial charge in [-0.15, -0.1) is 0 Å². The predicted octanol–water partition coefficient (Wildman–Crippen LogP) is 0.897. The number of nitrogens with zero attached hydrogens (tertiary/aromatic N) is 3. The van der Waals surface area contributed by atoms with Gasteiger partial charge in [0.05, 0.1) is 19.3 Å². The first-order valence-corrected chi connectivity index (χ1v) is 10.1. The van der Waals surface area contributed by atoms with Crippen molar-refractivity contribution in [3.63, 3.8) is 0 Å². The molecule has 1 heterocycles. The van der Waals surface area contributed by atoms with Gasteiger partial charge in [0.1, 0.15) is 11.4 Å². The second-order valence-electron chi connectivity index (χ2n) is 6.77. The van der Waals surface area contributed by atoms with Crippen LogP contribution in [0.3, 0.4) is 0 Å². The molecule has 0 radical (unpaired) electrons. The summed E-state index contributed by atoms with van der Waals surface area (Å²) in [5.74, 6) is 0.731. The fraction of sp³-hybridized carbons (Fsp3) is 0.867. The molecule has 1 N–H and O–H groups in total. The molecular formula is C15H30N4O4S. The van der Waals surface area contributed by atoms with E-state index in [0.717, 1.165) is 5.84 Å². The zero-order valence-corrected chi connectivity index (χ0v) is 16.1. The molecule has 1 rings (SSSR count). The number of ether oxygens (including phenoxy) is 1. The van der Waals surface area contributed by atoms with E-state index < -0.39 is 15.6 Å². The van der Waals surface area contributed by atoms with E-state index in [2.05, 4.69) is 10.3 Å². The minimum atomic E-state index is -3.15. The molecule has 1 aliphatic rings. The topological polar surface area (TPSA) is 91.3 Å². The molecule has 1 aliphatic heterocycles. The maximum absolute atomic E-state index is 12.1. The van der Waals surface area contributed by atoms with Gasteiger partial charge in [-0.2, -0.15) is 0 Å². The molecule has 0 unspecified atom stereocenters. The SMILES string of the molecule is CCN(CCCNC1=NCCN(C(=O)OC(C)(C)C)C1)S(C)(=O)=O. The summed E-state index contributed by atoms with van der Waals surface area (Å²) in [5.41, 5.74) is -0.519. The molecule has 0 aliphatic carbocycles. The van der Waals surface area contributed by atoms with Crippen molar-refractivity contribution in [3.8, 4) is 0 Å². The van der Waals surface area contributed by atoms with E-state index in [4.69, 9.17) is 4.74 Å². The van der Waals surface area contributed by atoms with Gasteiger partial charge in [0.25, 0.3) is 0 Å². The van der Waals surface area contributed by atoms with Crippen LogP contribution < -0.4 is 5.32 Å². The fourth-order valence-corrected chi connectivity index (χ4v) is 3.19. The first kappa shape index (κ1) is 20.7. The molecule has 24 heavy (non-hydrogen) atoms. The van der Waals surface area contributed by atoms with Crippen molar-refractivity contribution in [3.05, 3.63) is 0 Å². The molecule has 0 aromatic carbocycles. The van der Waals surface area contributed by atoms with E-state index in [9.17, 15) is 13.2 Å². The minimum absolute atomic E-state index is 0.342. The summed E-state index contributed by atoms with van der Waals surface area (Å²) in [6.45, 7) is 10.3. The van der Waals surface area contributed by atoms with E-state index in [1.54, 1.807) is 4.90 Å². The van der Waals surface area contributed by atoms with Crippen LogP contribution in [-0.4, -0.2) is 80.7 Å². The normalized spacial score (nSPS) is 16.1. The van der Waals surface area contributed by atoms with Gasteiger partial charge < -0.3 is 10.1 Å². The molecule has 0 spiro atoms. The highest BCUT2D eigenvalue weighted by molar-refractivity contribution is 7.88. The minimum Gasteiger partial charge on any atom is -0.444 e. The lowest BCUT2D eigenvalue weighted by atomic mass is 10.2. The van der Waals surface area contributed by atoms with Crippen LogP contribution in [0.5, 0.6) is 0 Å². The molecule has 1 amide bonds. The van der Waals surface area contributed by atoms with Crippen molar-refractivity contribution in [2.75, 3.05) is 45.5 Å². The van der Waals surface area contributed by atoms with Crippen LogP contribution in [-0.2, 0) is 14.8 Å². The highest BCUT2D eigenvalue weighted by Crippen LogP contribution is 2.11. The number of hydrogen-bond donors (Lipinski definition) is 1. The predicted molar refractivity (Wildman–Crippen MR) is 94.8 cm³/mol. The van der Waals surface area contributed by atoms with Crippen LogP contribution in [0.25, 0.3) is 0 Å². The molecule has 0 aromatic rings. The first-order valence-electron chi connectivity index (χ1n) is 8.23. The van der Waals surface area contributed by atoms with E-state index in [-0.39, 0.29) is 6.09 Å². The van der Waals surface area contributed by atoms with Crippen molar-refractivity contribution in [1.29, 1.82) is 0 Å². The van der Waals surface area contributed by atoms with E-state index in [1.807, 2.05) is 27.7 Å². The summed E-state index contributed by atoms with van der Waals surface area (Å²) in [4.78, 5) is 18.1. The Morgan fingerprint density at radius 2 is 2.08 bits per heavy atom. The fourth-order valence-electron chi connectivity index (χ4n) is 2.26. The Hall–Kier alpha value is -1.35. The summed E-state index contributed by atoms with van der Waals surface area (Å²) >= 11 is 0. The Balaban J connectivity index is 2.39. The van der Waals surface area contributed by atoms with Gasteiger partial charge in [0.15, 0.2) is 0 Å². The summed E-state index contributed by atoms with van der Waals surface area (Å²) in [7, 11) is -3.15. The lowest BCUT2D eigenvalue weighted by molar-refractivity contribution is 0.0276. The van der Waals surface area contributed by atoms with Gasteiger partial charge >= 0.3 is 6.09 Å². The number of amides is 1. The Morgan fingerprint density at radius 1 is 1.42 bits per heavy atom. The average molecular weight is 362 g/mol. The number of amidine groups is 1. The number of sulfonamides is 1. The van der Waals surface area contributed by atoms with Gasteiger partial charge in [-0.1, -0.05) is 6.92 Å². The van der Waals surface area contributed by atoms with Crippen molar-refractivity contribution < 1.29 is 17.9 Å². The largest absolute Gasteiger partial charge is 0.444 e. The Kier molecular flexibility index (Phi) is 7.47. The van der Waals surface area contributed by atoms with Crippen LogP contribution >= 0.6 is 0 Å². The van der Waals surface area contributed by atoms with Crippen molar-refractivity contribution in [2.45, 2.75) is 39.7 Å². The van der Waals surface area contributed by atoms with Crippen LogP contribution in [0.1, 0.15) is 34.1 Å². The monoisotopic (exact) mass is 362 g/mol. The second kappa shape index (κ2) is 8.66. The highest BCUT2D eigenvalue weighted by atomic mass is 32.2. The Bertz CT molecular complexity index is 554. The number of carbonyl (C=O) groups is 1. The van der Waals surface area contributed by atoms with Crippen molar-refractivity contribution in [2.24, 2.45) is 4.99 Å². The van der Waals surface area contributed by atoms with Gasteiger partial charge in [-0.25, -0.2) is 17.5 Å². The van der Waals surface area contributed by atoms with Crippen LogP contribution in [0, 0.1) is 0 Å². The average Bonchev–Trinajstić information content (AvgIpc) is 2.44. The maximum atomic E-state index is 12.1. The van der Waals surface area contributed by atoms with Gasteiger partial charge in [-0.3, -0.25) is 9.89 Å². The van der Waals surface area contributed by atoms with E-state index in [0.29, 0.717) is 45.7 Å². The maximum Gasteiger partial charge on any atom is 0.410 e.